The number of anilines is 1. The highest BCUT2D eigenvalue weighted by atomic mass is 35.5. The number of nitrogens with one attached hydrogen (secondary N) is 2. The molecule has 8 heteroatoms. The molecule has 0 saturated carbocycles. The summed E-state index contributed by atoms with van der Waals surface area (Å²) < 4.78 is 10.6. The number of benzene rings is 1. The van der Waals surface area contributed by atoms with E-state index in [0.29, 0.717) is 28.2 Å². The van der Waals surface area contributed by atoms with Gasteiger partial charge in [0.2, 0.25) is 0 Å². The van der Waals surface area contributed by atoms with E-state index < -0.39 is 5.97 Å². The Morgan fingerprint density at radius 2 is 2.18 bits per heavy atom. The second-order valence-electron chi connectivity index (χ2n) is 4.32. The number of hydrogen-bond acceptors (Lipinski definition) is 5. The number of thiocarbonyl (C=S) groups is 1. The van der Waals surface area contributed by atoms with Crippen LogP contribution in [0.25, 0.3) is 10.1 Å². The molecule has 0 unspecified atom stereocenters. The van der Waals surface area contributed by atoms with Crippen molar-refractivity contribution in [2.24, 2.45) is 0 Å². The fourth-order valence-electron chi connectivity index (χ4n) is 1.81. The molecule has 1 heterocycles. The normalized spacial score (nSPS) is 10.5. The summed E-state index contributed by atoms with van der Waals surface area (Å²) in [6.45, 7) is 1.20. The molecule has 0 spiro atoms. The smallest absolute Gasteiger partial charge is 0.349 e. The molecule has 2 N–H and O–H groups in total. The Bertz CT molecular complexity index is 703. The van der Waals surface area contributed by atoms with Crippen LogP contribution in [0.4, 0.5) is 5.69 Å². The average molecular weight is 359 g/mol. The SMILES string of the molecule is COCCNC(=S)Nc1ccc2c(Cl)c(C(=O)OC)sc2c1. The van der Waals surface area contributed by atoms with Gasteiger partial charge >= 0.3 is 5.97 Å². The van der Waals surface area contributed by atoms with Gasteiger partial charge in [0.25, 0.3) is 0 Å². The van der Waals surface area contributed by atoms with E-state index in [0.717, 1.165) is 15.8 Å². The van der Waals surface area contributed by atoms with Gasteiger partial charge in [-0.2, -0.15) is 0 Å². The molecule has 5 nitrogen and oxygen atoms in total. The minimum Gasteiger partial charge on any atom is -0.465 e. The van der Waals surface area contributed by atoms with Crippen LogP contribution in [0.1, 0.15) is 9.67 Å². The molecule has 118 valence electrons. The van der Waals surface area contributed by atoms with Crippen LogP contribution < -0.4 is 10.6 Å². The quantitative estimate of drug-likeness (QED) is 0.486. The van der Waals surface area contributed by atoms with Crippen molar-refractivity contribution in [1.82, 2.24) is 5.32 Å². The number of carbonyl (C=O) groups is 1. The maximum absolute atomic E-state index is 11.7. The highest BCUT2D eigenvalue weighted by molar-refractivity contribution is 7.80. The summed E-state index contributed by atoms with van der Waals surface area (Å²) in [6, 6.07) is 5.59. The zero-order valence-electron chi connectivity index (χ0n) is 12.1. The number of carbonyl (C=O) groups excluding carboxylic acids is 1. The lowest BCUT2D eigenvalue weighted by Gasteiger charge is -2.10. The third-order valence-electron chi connectivity index (χ3n) is 2.85. The standard InChI is InChI=1S/C14H15ClN2O3S2/c1-19-6-5-16-14(21)17-8-3-4-9-10(7-8)22-12(11(9)15)13(18)20-2/h3-4,7H,5-6H2,1-2H3,(H2,16,17,21). The van der Waals surface area contributed by atoms with Crippen molar-refractivity contribution in [1.29, 1.82) is 0 Å². The van der Waals surface area contributed by atoms with Crippen molar-refractivity contribution in [3.05, 3.63) is 28.1 Å². The molecular formula is C14H15ClN2O3S2. The minimum absolute atomic E-state index is 0.400. The molecule has 22 heavy (non-hydrogen) atoms. The van der Waals surface area contributed by atoms with E-state index >= 15 is 0 Å². The van der Waals surface area contributed by atoms with Gasteiger partial charge in [-0.05, 0) is 30.4 Å². The van der Waals surface area contributed by atoms with Crippen LogP contribution >= 0.6 is 35.2 Å². The highest BCUT2D eigenvalue weighted by Crippen LogP contribution is 2.37. The van der Waals surface area contributed by atoms with Gasteiger partial charge in [-0.1, -0.05) is 11.6 Å². The molecule has 0 aliphatic heterocycles. The first-order valence-corrected chi connectivity index (χ1v) is 8.01. The van der Waals surface area contributed by atoms with Gasteiger partial charge in [0, 0.05) is 29.4 Å². The van der Waals surface area contributed by atoms with E-state index in [4.69, 9.17) is 33.3 Å². The van der Waals surface area contributed by atoms with Crippen LogP contribution in [0.15, 0.2) is 18.2 Å². The molecule has 1 aromatic carbocycles. The third kappa shape index (κ3) is 3.86. The van der Waals surface area contributed by atoms with Crippen LogP contribution in [0.2, 0.25) is 5.02 Å². The Morgan fingerprint density at radius 3 is 2.86 bits per heavy atom. The summed E-state index contributed by atoms with van der Waals surface area (Å²) in [6.07, 6.45) is 0. The van der Waals surface area contributed by atoms with Crippen molar-refractivity contribution < 1.29 is 14.3 Å². The van der Waals surface area contributed by atoms with E-state index in [1.807, 2.05) is 18.2 Å². The monoisotopic (exact) mass is 358 g/mol. The van der Waals surface area contributed by atoms with Gasteiger partial charge < -0.3 is 20.1 Å². The Morgan fingerprint density at radius 1 is 1.41 bits per heavy atom. The van der Waals surface area contributed by atoms with Crippen molar-refractivity contribution in [3.8, 4) is 0 Å². The van der Waals surface area contributed by atoms with Gasteiger partial charge in [-0.15, -0.1) is 11.3 Å². The van der Waals surface area contributed by atoms with Crippen LogP contribution in [0.3, 0.4) is 0 Å². The molecule has 0 saturated heterocycles. The Balaban J connectivity index is 2.17. The number of thiophene rings is 1. The summed E-state index contributed by atoms with van der Waals surface area (Å²) in [7, 11) is 2.96. The zero-order valence-corrected chi connectivity index (χ0v) is 14.5. The van der Waals surface area contributed by atoms with Gasteiger partial charge in [0.15, 0.2) is 5.11 Å². The van der Waals surface area contributed by atoms with Crippen LogP contribution in [0, 0.1) is 0 Å². The lowest BCUT2D eigenvalue weighted by Crippen LogP contribution is -2.31. The molecule has 2 rings (SSSR count). The molecule has 1 aromatic heterocycles. The van der Waals surface area contributed by atoms with Gasteiger partial charge in [-0.25, -0.2) is 4.79 Å². The highest BCUT2D eigenvalue weighted by Gasteiger charge is 2.17. The number of hydrogen-bond donors (Lipinski definition) is 2. The summed E-state index contributed by atoms with van der Waals surface area (Å²) >= 11 is 12.7. The number of esters is 1. The second kappa shape index (κ2) is 7.73. The summed E-state index contributed by atoms with van der Waals surface area (Å²) in [4.78, 5) is 12.1. The average Bonchev–Trinajstić information content (AvgIpc) is 2.83. The summed E-state index contributed by atoms with van der Waals surface area (Å²) in [5.41, 5.74) is 0.816. The maximum Gasteiger partial charge on any atom is 0.349 e. The molecule has 0 atom stereocenters. The van der Waals surface area contributed by atoms with Gasteiger partial charge in [0.1, 0.15) is 4.88 Å². The molecular weight excluding hydrogens is 344 g/mol. The maximum atomic E-state index is 11.7. The molecule has 0 radical (unpaired) electrons. The minimum atomic E-state index is -0.433. The van der Waals surface area contributed by atoms with Crippen molar-refractivity contribution in [2.45, 2.75) is 0 Å². The van der Waals surface area contributed by atoms with Crippen LogP contribution in [0.5, 0.6) is 0 Å². The van der Waals surface area contributed by atoms with Gasteiger partial charge in [-0.3, -0.25) is 0 Å². The number of rotatable bonds is 5. The van der Waals surface area contributed by atoms with Crippen molar-refractivity contribution in [2.75, 3.05) is 32.7 Å². The van der Waals surface area contributed by atoms with Crippen LogP contribution in [-0.2, 0) is 9.47 Å². The fraction of sp³-hybridized carbons (Fsp3) is 0.286. The predicted molar refractivity (Wildman–Crippen MR) is 94.3 cm³/mol. The third-order valence-corrected chi connectivity index (χ3v) is 4.73. The number of fused-ring (bicyclic) bond motifs is 1. The molecule has 0 aliphatic rings. The molecule has 0 bridgehead atoms. The summed E-state index contributed by atoms with van der Waals surface area (Å²) in [5, 5.41) is 7.84. The number of halogens is 1. The van der Waals surface area contributed by atoms with Crippen molar-refractivity contribution in [3.63, 3.8) is 0 Å². The van der Waals surface area contributed by atoms with E-state index in [9.17, 15) is 4.79 Å². The van der Waals surface area contributed by atoms with Gasteiger partial charge in [0.05, 0.1) is 18.7 Å². The zero-order chi connectivity index (χ0) is 16.1. The largest absolute Gasteiger partial charge is 0.465 e. The van der Waals surface area contributed by atoms with Crippen molar-refractivity contribution >= 4 is 62.0 Å². The first kappa shape index (κ1) is 17.0. The Labute approximate surface area is 142 Å². The van der Waals surface area contributed by atoms with Crippen LogP contribution in [-0.4, -0.2) is 38.5 Å². The Kier molecular flexibility index (Phi) is 5.96. The fourth-order valence-corrected chi connectivity index (χ4v) is 3.49. The Hall–Kier alpha value is -1.41. The molecule has 0 fully saturated rings. The molecule has 0 aliphatic carbocycles. The molecule has 0 amide bonds. The topological polar surface area (TPSA) is 59.6 Å². The van der Waals surface area contributed by atoms with E-state index in [1.165, 1.54) is 18.4 Å². The summed E-state index contributed by atoms with van der Waals surface area (Å²) in [5.74, 6) is -0.433. The van der Waals surface area contributed by atoms with E-state index in [2.05, 4.69) is 10.6 Å². The van der Waals surface area contributed by atoms with E-state index in [-0.39, 0.29) is 0 Å². The lowest BCUT2D eigenvalue weighted by molar-refractivity contribution is 0.0606. The first-order valence-electron chi connectivity index (χ1n) is 6.41. The second-order valence-corrected chi connectivity index (χ2v) is 6.16. The number of ether oxygens (including phenoxy) is 2. The van der Waals surface area contributed by atoms with E-state index in [1.54, 1.807) is 7.11 Å². The first-order chi connectivity index (χ1) is 10.6. The predicted octanol–water partition coefficient (Wildman–Crippen LogP) is 3.27. The lowest BCUT2D eigenvalue weighted by atomic mass is 10.2. The molecule has 2 aromatic rings. The number of methoxy groups -OCH3 is 2.